The Morgan fingerprint density at radius 3 is 2.57 bits per heavy atom. The minimum atomic E-state index is -3.52. The molecule has 0 aromatic heterocycles. The van der Waals surface area contributed by atoms with Gasteiger partial charge in [-0.05, 0) is 56.4 Å². The molecule has 1 aliphatic carbocycles. The summed E-state index contributed by atoms with van der Waals surface area (Å²) in [4.78, 5) is 12.1. The Morgan fingerprint density at radius 1 is 1.14 bits per heavy atom. The van der Waals surface area contributed by atoms with Crippen LogP contribution in [-0.4, -0.2) is 58.1 Å². The molecule has 0 spiro atoms. The fourth-order valence-corrected chi connectivity index (χ4v) is 4.75. The highest BCUT2D eigenvalue weighted by Gasteiger charge is 2.26. The standard InChI is InChI=1S/C20H28N2O5S/c23-20(21-11-10-17-4-2-1-3-5-17)16-27-18-6-8-19(9-7-18)28(24,25)22-12-14-26-15-13-22/h4,6-9H,1-3,5,10-16H2,(H,21,23). The summed E-state index contributed by atoms with van der Waals surface area (Å²) in [5, 5.41) is 2.86. The van der Waals surface area contributed by atoms with Crippen molar-refractivity contribution in [2.24, 2.45) is 0 Å². The molecule has 1 fully saturated rings. The Kier molecular flexibility index (Phi) is 7.47. The van der Waals surface area contributed by atoms with Gasteiger partial charge in [0.15, 0.2) is 6.61 Å². The molecule has 8 heteroatoms. The maximum absolute atomic E-state index is 12.6. The highest BCUT2D eigenvalue weighted by molar-refractivity contribution is 7.89. The van der Waals surface area contributed by atoms with Crippen LogP contribution >= 0.6 is 0 Å². The van der Waals surface area contributed by atoms with Crippen LogP contribution in [0.2, 0.25) is 0 Å². The van der Waals surface area contributed by atoms with Gasteiger partial charge in [0, 0.05) is 19.6 Å². The molecule has 0 atom stereocenters. The molecule has 1 aromatic rings. The molecule has 0 unspecified atom stereocenters. The average Bonchev–Trinajstić information content (AvgIpc) is 2.74. The molecule has 2 aliphatic rings. The van der Waals surface area contributed by atoms with Crippen molar-refractivity contribution in [2.45, 2.75) is 37.0 Å². The first-order valence-corrected chi connectivity index (χ1v) is 11.2. The third kappa shape index (κ3) is 5.80. The van der Waals surface area contributed by atoms with Gasteiger partial charge in [0.05, 0.1) is 18.1 Å². The van der Waals surface area contributed by atoms with Gasteiger partial charge < -0.3 is 14.8 Å². The molecule has 1 N–H and O–H groups in total. The smallest absolute Gasteiger partial charge is 0.257 e. The first kappa shape index (κ1) is 20.8. The molecule has 1 aromatic carbocycles. The zero-order valence-electron chi connectivity index (χ0n) is 16.1. The summed E-state index contributed by atoms with van der Waals surface area (Å²) in [5.74, 6) is 0.285. The molecule has 1 aliphatic heterocycles. The van der Waals surface area contributed by atoms with Crippen LogP contribution in [0.25, 0.3) is 0 Å². The minimum Gasteiger partial charge on any atom is -0.484 e. The Morgan fingerprint density at radius 2 is 1.89 bits per heavy atom. The van der Waals surface area contributed by atoms with E-state index in [2.05, 4.69) is 11.4 Å². The summed E-state index contributed by atoms with van der Waals surface area (Å²) < 4.78 is 37.2. The molecule has 0 saturated carbocycles. The van der Waals surface area contributed by atoms with Crippen LogP contribution in [0, 0.1) is 0 Å². The number of rotatable bonds is 8. The number of hydrogen-bond acceptors (Lipinski definition) is 5. The molecular weight excluding hydrogens is 380 g/mol. The van der Waals surface area contributed by atoms with E-state index in [4.69, 9.17) is 9.47 Å². The first-order chi connectivity index (χ1) is 13.6. The second-order valence-electron chi connectivity index (χ2n) is 6.98. The SMILES string of the molecule is O=C(COc1ccc(S(=O)(=O)N2CCOCC2)cc1)NCCC1=CCCCC1. The summed E-state index contributed by atoms with van der Waals surface area (Å²) in [6, 6.07) is 6.17. The Hall–Kier alpha value is -1.90. The summed E-state index contributed by atoms with van der Waals surface area (Å²) in [7, 11) is -3.52. The number of morpholine rings is 1. The number of amides is 1. The fourth-order valence-electron chi connectivity index (χ4n) is 3.34. The lowest BCUT2D eigenvalue weighted by Gasteiger charge is -2.26. The lowest BCUT2D eigenvalue weighted by atomic mass is 9.97. The van der Waals surface area contributed by atoms with E-state index in [0.717, 1.165) is 19.3 Å². The van der Waals surface area contributed by atoms with Crippen LogP contribution in [0.15, 0.2) is 40.8 Å². The van der Waals surface area contributed by atoms with Gasteiger partial charge in [-0.2, -0.15) is 4.31 Å². The number of nitrogens with zero attached hydrogens (tertiary/aromatic N) is 1. The maximum Gasteiger partial charge on any atom is 0.257 e. The highest BCUT2D eigenvalue weighted by Crippen LogP contribution is 2.21. The molecule has 28 heavy (non-hydrogen) atoms. The van der Waals surface area contributed by atoms with Gasteiger partial charge in [-0.15, -0.1) is 0 Å². The third-order valence-electron chi connectivity index (χ3n) is 4.95. The van der Waals surface area contributed by atoms with Gasteiger partial charge in [-0.1, -0.05) is 11.6 Å². The molecule has 0 bridgehead atoms. The number of allylic oxidation sites excluding steroid dienone is 1. The monoisotopic (exact) mass is 408 g/mol. The van der Waals surface area contributed by atoms with Crippen molar-refractivity contribution < 1.29 is 22.7 Å². The van der Waals surface area contributed by atoms with E-state index in [1.54, 1.807) is 12.1 Å². The number of ether oxygens (including phenoxy) is 2. The van der Waals surface area contributed by atoms with E-state index in [0.29, 0.717) is 38.6 Å². The molecule has 154 valence electrons. The van der Waals surface area contributed by atoms with Crippen molar-refractivity contribution in [1.29, 1.82) is 0 Å². The van der Waals surface area contributed by atoms with E-state index >= 15 is 0 Å². The molecule has 1 amide bonds. The van der Waals surface area contributed by atoms with E-state index in [1.165, 1.54) is 34.9 Å². The second kappa shape index (κ2) is 10.0. The van der Waals surface area contributed by atoms with E-state index in [-0.39, 0.29) is 17.4 Å². The van der Waals surface area contributed by atoms with Crippen LogP contribution in [0.1, 0.15) is 32.1 Å². The molecule has 1 saturated heterocycles. The quantitative estimate of drug-likeness (QED) is 0.666. The minimum absolute atomic E-state index is 0.0887. The Balaban J connectivity index is 1.43. The molecular formula is C20H28N2O5S. The Labute approximate surface area is 166 Å². The van der Waals surface area contributed by atoms with E-state index < -0.39 is 10.0 Å². The largest absolute Gasteiger partial charge is 0.484 e. The van der Waals surface area contributed by atoms with E-state index in [9.17, 15) is 13.2 Å². The van der Waals surface area contributed by atoms with Gasteiger partial charge in [-0.25, -0.2) is 8.42 Å². The normalized spacial score (nSPS) is 18.4. The van der Waals surface area contributed by atoms with Gasteiger partial charge in [0.1, 0.15) is 5.75 Å². The van der Waals surface area contributed by atoms with Gasteiger partial charge in [0.25, 0.3) is 5.91 Å². The maximum atomic E-state index is 12.6. The van der Waals surface area contributed by atoms with Crippen molar-refractivity contribution in [2.75, 3.05) is 39.5 Å². The van der Waals surface area contributed by atoms with Crippen molar-refractivity contribution in [1.82, 2.24) is 9.62 Å². The number of sulfonamides is 1. The van der Waals surface area contributed by atoms with Crippen LogP contribution in [-0.2, 0) is 19.6 Å². The van der Waals surface area contributed by atoms with Crippen molar-refractivity contribution in [3.63, 3.8) is 0 Å². The summed E-state index contributed by atoms with van der Waals surface area (Å²) in [6.07, 6.45) is 7.94. The summed E-state index contributed by atoms with van der Waals surface area (Å²) in [6.45, 7) is 2.06. The number of carbonyl (C=O) groups excluding carboxylic acids is 1. The lowest BCUT2D eigenvalue weighted by molar-refractivity contribution is -0.123. The topological polar surface area (TPSA) is 84.9 Å². The zero-order chi connectivity index (χ0) is 19.8. The Bertz CT molecular complexity index is 783. The summed E-state index contributed by atoms with van der Waals surface area (Å²) >= 11 is 0. The van der Waals surface area contributed by atoms with Crippen molar-refractivity contribution in [3.8, 4) is 5.75 Å². The predicted octanol–water partition coefficient (Wildman–Crippen LogP) is 2.09. The van der Waals surface area contributed by atoms with Crippen LogP contribution in [0.5, 0.6) is 5.75 Å². The van der Waals surface area contributed by atoms with Gasteiger partial charge >= 0.3 is 0 Å². The van der Waals surface area contributed by atoms with Crippen LogP contribution < -0.4 is 10.1 Å². The van der Waals surface area contributed by atoms with Gasteiger partial charge in [0.2, 0.25) is 10.0 Å². The van der Waals surface area contributed by atoms with Crippen LogP contribution in [0.3, 0.4) is 0 Å². The first-order valence-electron chi connectivity index (χ1n) is 9.81. The highest BCUT2D eigenvalue weighted by atomic mass is 32.2. The van der Waals surface area contributed by atoms with E-state index in [1.807, 2.05) is 0 Å². The number of carbonyl (C=O) groups is 1. The molecule has 1 heterocycles. The fraction of sp³-hybridized carbons (Fsp3) is 0.550. The number of hydrogen-bond donors (Lipinski definition) is 1. The number of nitrogens with one attached hydrogen (secondary N) is 1. The number of benzene rings is 1. The van der Waals surface area contributed by atoms with Gasteiger partial charge in [-0.3, -0.25) is 4.79 Å². The molecule has 7 nitrogen and oxygen atoms in total. The molecule has 0 radical (unpaired) electrons. The van der Waals surface area contributed by atoms with Crippen molar-refractivity contribution in [3.05, 3.63) is 35.9 Å². The second-order valence-corrected chi connectivity index (χ2v) is 8.92. The lowest BCUT2D eigenvalue weighted by Crippen LogP contribution is -2.40. The van der Waals surface area contributed by atoms with Crippen molar-refractivity contribution >= 4 is 15.9 Å². The summed E-state index contributed by atoms with van der Waals surface area (Å²) in [5.41, 5.74) is 1.42. The zero-order valence-corrected chi connectivity index (χ0v) is 16.9. The predicted molar refractivity (Wildman–Crippen MR) is 106 cm³/mol. The third-order valence-corrected chi connectivity index (χ3v) is 6.87. The van der Waals surface area contributed by atoms with Crippen LogP contribution in [0.4, 0.5) is 0 Å². The average molecular weight is 409 g/mol. The molecule has 3 rings (SSSR count).